The third-order valence-corrected chi connectivity index (χ3v) is 6.70. The molecule has 1 atom stereocenters. The van der Waals surface area contributed by atoms with Gasteiger partial charge in [0.15, 0.2) is 5.16 Å². The third-order valence-electron chi connectivity index (χ3n) is 5.76. The lowest BCUT2D eigenvalue weighted by Crippen LogP contribution is -2.33. The molecule has 0 saturated heterocycles. The van der Waals surface area contributed by atoms with Crippen LogP contribution in [-0.4, -0.2) is 39.8 Å². The summed E-state index contributed by atoms with van der Waals surface area (Å²) >= 11 is 1.29. The Hall–Kier alpha value is -2.84. The van der Waals surface area contributed by atoms with Gasteiger partial charge in [-0.3, -0.25) is 14.2 Å². The molecule has 0 spiro atoms. The Kier molecular flexibility index (Phi) is 7.67. The van der Waals surface area contributed by atoms with Crippen molar-refractivity contribution in [3.8, 4) is 0 Å². The monoisotopic (exact) mass is 467 g/mol. The molecule has 0 aliphatic heterocycles. The molecule has 8 heteroatoms. The van der Waals surface area contributed by atoms with Gasteiger partial charge in [-0.1, -0.05) is 30.0 Å². The van der Waals surface area contributed by atoms with E-state index in [1.165, 1.54) is 11.8 Å². The summed E-state index contributed by atoms with van der Waals surface area (Å²) < 4.78 is 12.4. The molecule has 174 valence electrons. The molecule has 1 aromatic carbocycles. The van der Waals surface area contributed by atoms with E-state index in [-0.39, 0.29) is 23.3 Å². The number of nitrogens with zero attached hydrogens (tertiary/aromatic N) is 3. The third kappa shape index (κ3) is 5.39. The standard InChI is InChI=1S/C25H29N3O4S/c1-18(16-31-2)28-24(30)21-12-6-7-13-22(21)26-25(28)33-17-23(29)27(15-20-11-8-14-32-20)19-9-4-3-5-10-19/h6-9,11-14,18H,3-5,10,15-17H2,1-2H3. The molecule has 0 saturated carbocycles. The van der Waals surface area contributed by atoms with E-state index in [0.717, 1.165) is 37.1 Å². The van der Waals surface area contributed by atoms with Crippen LogP contribution in [-0.2, 0) is 16.1 Å². The first-order valence-corrected chi connectivity index (χ1v) is 12.2. The minimum Gasteiger partial charge on any atom is -0.467 e. The molecule has 33 heavy (non-hydrogen) atoms. The summed E-state index contributed by atoms with van der Waals surface area (Å²) in [6.07, 6.45) is 7.84. The van der Waals surface area contributed by atoms with Gasteiger partial charge in [0.05, 0.1) is 42.1 Å². The summed E-state index contributed by atoms with van der Waals surface area (Å²) in [6, 6.07) is 10.8. The maximum atomic E-state index is 13.4. The van der Waals surface area contributed by atoms with Crippen molar-refractivity contribution in [2.75, 3.05) is 19.5 Å². The van der Waals surface area contributed by atoms with E-state index in [1.54, 1.807) is 24.0 Å². The van der Waals surface area contributed by atoms with Crippen molar-refractivity contribution >= 4 is 28.6 Å². The Labute approximate surface area is 197 Å². The van der Waals surface area contributed by atoms with Crippen LogP contribution in [0.3, 0.4) is 0 Å². The number of furan rings is 1. The first-order valence-electron chi connectivity index (χ1n) is 11.2. The van der Waals surface area contributed by atoms with E-state index in [9.17, 15) is 9.59 Å². The number of fused-ring (bicyclic) bond motifs is 1. The Bertz CT molecular complexity index is 1190. The predicted octanol–water partition coefficient (Wildman–Crippen LogP) is 4.78. The fourth-order valence-electron chi connectivity index (χ4n) is 4.11. The lowest BCUT2D eigenvalue weighted by Gasteiger charge is -2.27. The molecule has 1 aliphatic rings. The zero-order valence-corrected chi connectivity index (χ0v) is 19.8. The maximum absolute atomic E-state index is 13.4. The Morgan fingerprint density at radius 2 is 2.12 bits per heavy atom. The minimum atomic E-state index is -0.211. The highest BCUT2D eigenvalue weighted by Gasteiger charge is 2.23. The molecule has 0 fully saturated rings. The Morgan fingerprint density at radius 3 is 2.85 bits per heavy atom. The highest BCUT2D eigenvalue weighted by Crippen LogP contribution is 2.26. The summed E-state index contributed by atoms with van der Waals surface area (Å²) in [5, 5.41) is 1.08. The second kappa shape index (κ2) is 10.9. The van der Waals surface area contributed by atoms with E-state index < -0.39 is 0 Å². The van der Waals surface area contributed by atoms with Crippen LogP contribution in [0.4, 0.5) is 0 Å². The van der Waals surface area contributed by atoms with Gasteiger partial charge >= 0.3 is 0 Å². The van der Waals surface area contributed by atoms with Crippen molar-refractivity contribution in [3.05, 3.63) is 70.5 Å². The van der Waals surface area contributed by atoms with E-state index in [0.29, 0.717) is 29.2 Å². The number of aromatic nitrogens is 2. The van der Waals surface area contributed by atoms with Crippen molar-refractivity contribution in [2.24, 2.45) is 0 Å². The minimum absolute atomic E-state index is 0.0297. The quantitative estimate of drug-likeness (QED) is 0.333. The number of rotatable bonds is 9. The second-order valence-corrected chi connectivity index (χ2v) is 9.12. The van der Waals surface area contributed by atoms with Crippen LogP contribution in [0.15, 0.2) is 68.8 Å². The topological polar surface area (TPSA) is 77.6 Å². The van der Waals surface area contributed by atoms with Gasteiger partial charge in [0, 0.05) is 12.8 Å². The van der Waals surface area contributed by atoms with Crippen molar-refractivity contribution < 1.29 is 13.9 Å². The summed E-state index contributed by atoms with van der Waals surface area (Å²) in [6.45, 7) is 2.69. The molecular weight excluding hydrogens is 438 g/mol. The zero-order chi connectivity index (χ0) is 23.2. The molecule has 4 rings (SSSR count). The number of hydrogen-bond donors (Lipinski definition) is 0. The number of amides is 1. The second-order valence-electron chi connectivity index (χ2n) is 8.18. The number of ether oxygens (including phenoxy) is 1. The smallest absolute Gasteiger partial charge is 0.262 e. The van der Waals surface area contributed by atoms with Crippen LogP contribution in [0.5, 0.6) is 0 Å². The van der Waals surface area contributed by atoms with E-state index in [1.807, 2.05) is 42.2 Å². The predicted molar refractivity (Wildman–Crippen MR) is 129 cm³/mol. The summed E-state index contributed by atoms with van der Waals surface area (Å²) in [5.41, 5.74) is 1.54. The number of carbonyl (C=O) groups excluding carboxylic acids is 1. The molecule has 3 aromatic rings. The molecule has 1 amide bonds. The van der Waals surface area contributed by atoms with Gasteiger partial charge in [-0.25, -0.2) is 4.98 Å². The molecule has 0 N–H and O–H groups in total. The van der Waals surface area contributed by atoms with Crippen molar-refractivity contribution in [3.63, 3.8) is 0 Å². The van der Waals surface area contributed by atoms with Gasteiger partial charge in [0.2, 0.25) is 5.91 Å². The van der Waals surface area contributed by atoms with Crippen LogP contribution in [0.1, 0.15) is 44.4 Å². The fraction of sp³-hybridized carbons (Fsp3) is 0.400. The number of benzene rings is 1. The maximum Gasteiger partial charge on any atom is 0.262 e. The molecule has 1 aliphatic carbocycles. The van der Waals surface area contributed by atoms with Crippen LogP contribution in [0.2, 0.25) is 0 Å². The van der Waals surface area contributed by atoms with Gasteiger partial charge < -0.3 is 14.1 Å². The normalized spacial score (nSPS) is 14.8. The molecule has 0 bridgehead atoms. The number of para-hydroxylation sites is 1. The van der Waals surface area contributed by atoms with E-state index >= 15 is 0 Å². The number of thioether (sulfide) groups is 1. The van der Waals surface area contributed by atoms with Crippen LogP contribution >= 0.6 is 11.8 Å². The average molecular weight is 468 g/mol. The van der Waals surface area contributed by atoms with Gasteiger partial charge in [-0.15, -0.1) is 0 Å². The van der Waals surface area contributed by atoms with Crippen molar-refractivity contribution in [1.82, 2.24) is 14.5 Å². The zero-order valence-electron chi connectivity index (χ0n) is 19.0. The van der Waals surface area contributed by atoms with Gasteiger partial charge in [0.1, 0.15) is 5.76 Å². The molecule has 7 nitrogen and oxygen atoms in total. The van der Waals surface area contributed by atoms with Gasteiger partial charge in [-0.05, 0) is 56.9 Å². The Morgan fingerprint density at radius 1 is 1.27 bits per heavy atom. The largest absolute Gasteiger partial charge is 0.467 e. The molecule has 2 aromatic heterocycles. The Balaban J connectivity index is 1.61. The molecular formula is C25H29N3O4S. The van der Waals surface area contributed by atoms with Crippen LogP contribution < -0.4 is 5.56 Å². The number of allylic oxidation sites excluding steroid dienone is 2. The van der Waals surface area contributed by atoms with E-state index in [4.69, 9.17) is 14.1 Å². The number of carbonyl (C=O) groups is 1. The summed E-state index contributed by atoms with van der Waals surface area (Å²) in [4.78, 5) is 33.2. The highest BCUT2D eigenvalue weighted by atomic mass is 32.2. The van der Waals surface area contributed by atoms with Crippen LogP contribution in [0.25, 0.3) is 10.9 Å². The number of methoxy groups -OCH3 is 1. The summed E-state index contributed by atoms with van der Waals surface area (Å²) in [5.74, 6) is 0.884. The van der Waals surface area contributed by atoms with E-state index in [2.05, 4.69) is 6.08 Å². The van der Waals surface area contributed by atoms with Crippen molar-refractivity contribution in [1.29, 1.82) is 0 Å². The molecule has 2 heterocycles. The summed E-state index contributed by atoms with van der Waals surface area (Å²) in [7, 11) is 1.61. The van der Waals surface area contributed by atoms with Gasteiger partial charge in [-0.2, -0.15) is 0 Å². The van der Waals surface area contributed by atoms with Crippen molar-refractivity contribution in [2.45, 2.75) is 50.4 Å². The highest BCUT2D eigenvalue weighted by molar-refractivity contribution is 7.99. The SMILES string of the molecule is COCC(C)n1c(SCC(=O)N(Cc2ccco2)C2=CCCCC2)nc2ccccc2c1=O. The van der Waals surface area contributed by atoms with Crippen LogP contribution in [0, 0.1) is 0 Å². The lowest BCUT2D eigenvalue weighted by atomic mass is 10.0. The first-order chi connectivity index (χ1) is 16.1. The van der Waals surface area contributed by atoms with Gasteiger partial charge in [0.25, 0.3) is 5.56 Å². The first kappa shape index (κ1) is 23.3. The fourth-order valence-corrected chi connectivity index (χ4v) is 5.08. The molecule has 0 radical (unpaired) electrons. The average Bonchev–Trinajstić information content (AvgIpc) is 3.35. The number of hydrogen-bond acceptors (Lipinski definition) is 6. The lowest BCUT2D eigenvalue weighted by molar-refractivity contribution is -0.127. The molecule has 1 unspecified atom stereocenters.